The molecule has 35 heavy (non-hydrogen) atoms. The molecule has 7 nitrogen and oxygen atoms in total. The summed E-state index contributed by atoms with van der Waals surface area (Å²) in [6.07, 6.45) is 6.54. The molecule has 0 bridgehead atoms. The van der Waals surface area contributed by atoms with Gasteiger partial charge in [-0.15, -0.1) is 0 Å². The van der Waals surface area contributed by atoms with Crippen molar-refractivity contribution in [1.29, 1.82) is 0 Å². The monoisotopic (exact) mass is 500 g/mol. The van der Waals surface area contributed by atoms with Crippen molar-refractivity contribution in [2.45, 2.75) is 65.2 Å². The summed E-state index contributed by atoms with van der Waals surface area (Å²) in [5, 5.41) is 7.86. The molecule has 4 rings (SSSR count). The van der Waals surface area contributed by atoms with Gasteiger partial charge in [-0.2, -0.15) is 5.10 Å². The lowest BCUT2D eigenvalue weighted by Crippen LogP contribution is -2.51. The molecule has 190 valence electrons. The fourth-order valence-electron chi connectivity index (χ4n) is 5.44. The van der Waals surface area contributed by atoms with E-state index in [9.17, 15) is 9.59 Å². The van der Waals surface area contributed by atoms with Crippen molar-refractivity contribution in [3.63, 3.8) is 0 Å². The molecule has 2 aliphatic heterocycles. The molecule has 1 aromatic carbocycles. The van der Waals surface area contributed by atoms with Gasteiger partial charge in [0.1, 0.15) is 5.75 Å². The van der Waals surface area contributed by atoms with Gasteiger partial charge in [-0.3, -0.25) is 14.7 Å². The molecule has 1 aromatic heterocycles. The second-order valence-corrected chi connectivity index (χ2v) is 10.6. The van der Waals surface area contributed by atoms with Crippen LogP contribution < -0.4 is 4.74 Å². The number of hydrogen-bond donors (Lipinski definition) is 1. The van der Waals surface area contributed by atoms with E-state index in [0.717, 1.165) is 62.3 Å². The minimum atomic E-state index is -0.410. The Labute approximate surface area is 213 Å². The van der Waals surface area contributed by atoms with Gasteiger partial charge < -0.3 is 14.5 Å². The number of nitrogens with one attached hydrogen (secondary N) is 1. The number of piperidine rings is 2. The molecule has 2 saturated heterocycles. The molecule has 2 amide bonds. The third kappa shape index (κ3) is 6.57. The summed E-state index contributed by atoms with van der Waals surface area (Å²) in [5.41, 5.74) is 2.67. The first-order chi connectivity index (χ1) is 16.8. The lowest BCUT2D eigenvalue weighted by atomic mass is 9.77. The van der Waals surface area contributed by atoms with E-state index in [1.807, 2.05) is 41.8 Å². The van der Waals surface area contributed by atoms with Gasteiger partial charge in [-0.25, -0.2) is 0 Å². The van der Waals surface area contributed by atoms with Crippen LogP contribution in [0.5, 0.6) is 5.75 Å². The first kappa shape index (κ1) is 25.5. The van der Waals surface area contributed by atoms with Crippen LogP contribution in [-0.4, -0.2) is 64.6 Å². The van der Waals surface area contributed by atoms with Crippen LogP contribution in [0.4, 0.5) is 0 Å². The maximum atomic E-state index is 13.3. The predicted octanol–water partition coefficient (Wildman–Crippen LogP) is 4.70. The smallest absolute Gasteiger partial charge is 0.223 e. The van der Waals surface area contributed by atoms with Crippen molar-refractivity contribution < 1.29 is 14.3 Å². The van der Waals surface area contributed by atoms with Crippen molar-refractivity contribution in [1.82, 2.24) is 20.0 Å². The quantitative estimate of drug-likeness (QED) is 0.569. The highest BCUT2D eigenvalue weighted by Crippen LogP contribution is 2.36. The molecule has 0 aliphatic carbocycles. The number of aromatic amines is 1. The molecule has 3 heterocycles. The average Bonchev–Trinajstić information content (AvgIpc) is 3.19. The van der Waals surface area contributed by atoms with E-state index >= 15 is 0 Å². The molecule has 2 aliphatic rings. The minimum absolute atomic E-state index is 0.127. The van der Waals surface area contributed by atoms with Crippen LogP contribution in [0, 0.1) is 19.3 Å². The molecule has 8 heteroatoms. The minimum Gasteiger partial charge on any atom is -0.493 e. The number of aryl methyl sites for hydroxylation is 2. The van der Waals surface area contributed by atoms with Crippen molar-refractivity contribution in [2.75, 3.05) is 32.8 Å². The summed E-state index contributed by atoms with van der Waals surface area (Å²) < 4.78 is 6.19. The molecular formula is C27H37ClN4O3. The van der Waals surface area contributed by atoms with Gasteiger partial charge in [-0.1, -0.05) is 17.7 Å². The number of rotatable bonds is 8. The Morgan fingerprint density at radius 1 is 1.09 bits per heavy atom. The second kappa shape index (κ2) is 11.5. The zero-order valence-electron chi connectivity index (χ0n) is 20.9. The number of likely N-dealkylation sites (tertiary alicyclic amines) is 2. The predicted molar refractivity (Wildman–Crippen MR) is 137 cm³/mol. The summed E-state index contributed by atoms with van der Waals surface area (Å²) in [6, 6.07) is 7.35. The van der Waals surface area contributed by atoms with Crippen LogP contribution in [-0.2, 0) is 16.0 Å². The number of ether oxygens (including phenoxy) is 1. The maximum absolute atomic E-state index is 13.3. The van der Waals surface area contributed by atoms with Gasteiger partial charge in [0.15, 0.2) is 0 Å². The van der Waals surface area contributed by atoms with E-state index in [2.05, 4.69) is 10.2 Å². The molecule has 2 fully saturated rings. The normalized spacial score (nSPS) is 20.7. The van der Waals surface area contributed by atoms with Crippen molar-refractivity contribution in [3.05, 3.63) is 46.2 Å². The van der Waals surface area contributed by atoms with Crippen LogP contribution in [0.1, 0.15) is 61.9 Å². The van der Waals surface area contributed by atoms with E-state index in [-0.39, 0.29) is 11.8 Å². The number of hydrogen-bond acceptors (Lipinski definition) is 4. The number of carbonyl (C=O) groups excluding carboxylic acids is 2. The van der Waals surface area contributed by atoms with Crippen molar-refractivity contribution >= 4 is 23.4 Å². The maximum Gasteiger partial charge on any atom is 0.223 e. The van der Waals surface area contributed by atoms with Crippen LogP contribution >= 0.6 is 11.6 Å². The number of halogens is 1. The Balaban J connectivity index is 1.46. The number of carbonyl (C=O) groups is 2. The first-order valence-electron chi connectivity index (χ1n) is 12.8. The van der Waals surface area contributed by atoms with Crippen LogP contribution in [0.15, 0.2) is 24.3 Å². The molecule has 1 atom stereocenters. The lowest BCUT2D eigenvalue weighted by molar-refractivity contribution is -0.142. The summed E-state index contributed by atoms with van der Waals surface area (Å²) in [6.45, 7) is 7.26. The highest BCUT2D eigenvalue weighted by Gasteiger charge is 2.41. The number of nitrogens with zero attached hydrogens (tertiary/aromatic N) is 3. The van der Waals surface area contributed by atoms with Crippen LogP contribution in [0.25, 0.3) is 0 Å². The molecule has 0 radical (unpaired) electrons. The van der Waals surface area contributed by atoms with Crippen molar-refractivity contribution in [3.8, 4) is 5.75 Å². The van der Waals surface area contributed by atoms with Crippen LogP contribution in [0.2, 0.25) is 5.02 Å². The lowest BCUT2D eigenvalue weighted by Gasteiger charge is -2.43. The largest absolute Gasteiger partial charge is 0.493 e. The third-order valence-corrected chi connectivity index (χ3v) is 7.69. The standard InChI is InChI=1S/C27H37ClN4O3/c1-20-24(21(2)30-29-20)10-11-25(33)32-15-7-12-27(18-32,17-26(34)31-13-4-3-5-14-31)19-35-23-9-6-8-22(28)16-23/h6,8-9,16H,3-5,7,10-15,17-19H2,1-2H3,(H,29,30)/t27-/m1/s1. The Hall–Kier alpha value is -2.54. The third-order valence-electron chi connectivity index (χ3n) is 7.46. The number of amides is 2. The average molecular weight is 501 g/mol. The molecule has 2 aromatic rings. The topological polar surface area (TPSA) is 78.5 Å². The number of aromatic nitrogens is 2. The summed E-state index contributed by atoms with van der Waals surface area (Å²) >= 11 is 6.15. The van der Waals surface area contributed by atoms with E-state index in [4.69, 9.17) is 16.3 Å². The SMILES string of the molecule is Cc1n[nH]c(C)c1CCC(=O)N1CCC[C@@](COc2cccc(Cl)c2)(CC(=O)N2CCCCC2)C1. The van der Waals surface area contributed by atoms with E-state index < -0.39 is 5.41 Å². The number of benzene rings is 1. The van der Waals surface area contributed by atoms with Gasteiger partial charge in [0.25, 0.3) is 0 Å². The van der Waals surface area contributed by atoms with E-state index in [1.165, 1.54) is 6.42 Å². The van der Waals surface area contributed by atoms with Gasteiger partial charge >= 0.3 is 0 Å². The Morgan fingerprint density at radius 3 is 2.57 bits per heavy atom. The zero-order valence-corrected chi connectivity index (χ0v) is 21.7. The zero-order chi connectivity index (χ0) is 24.8. The fourth-order valence-corrected chi connectivity index (χ4v) is 5.62. The van der Waals surface area contributed by atoms with E-state index in [0.29, 0.717) is 43.2 Å². The molecule has 0 unspecified atom stereocenters. The number of H-pyrrole nitrogens is 1. The Bertz CT molecular complexity index is 1010. The highest BCUT2D eigenvalue weighted by atomic mass is 35.5. The van der Waals surface area contributed by atoms with Gasteiger partial charge in [0, 0.05) is 55.2 Å². The Kier molecular flexibility index (Phi) is 8.37. The van der Waals surface area contributed by atoms with Gasteiger partial charge in [-0.05, 0) is 76.1 Å². The van der Waals surface area contributed by atoms with Crippen molar-refractivity contribution in [2.24, 2.45) is 5.41 Å². The molecule has 1 N–H and O–H groups in total. The summed E-state index contributed by atoms with van der Waals surface area (Å²) in [7, 11) is 0. The van der Waals surface area contributed by atoms with Gasteiger partial charge in [0.05, 0.1) is 12.3 Å². The molecule has 0 saturated carbocycles. The summed E-state index contributed by atoms with van der Waals surface area (Å²) in [4.78, 5) is 30.5. The van der Waals surface area contributed by atoms with Crippen LogP contribution in [0.3, 0.4) is 0 Å². The first-order valence-corrected chi connectivity index (χ1v) is 13.2. The van der Waals surface area contributed by atoms with E-state index in [1.54, 1.807) is 6.07 Å². The molecule has 0 spiro atoms. The highest BCUT2D eigenvalue weighted by molar-refractivity contribution is 6.30. The summed E-state index contributed by atoms with van der Waals surface area (Å²) in [5.74, 6) is 0.997. The fraction of sp³-hybridized carbons (Fsp3) is 0.593. The Morgan fingerprint density at radius 2 is 1.86 bits per heavy atom. The second-order valence-electron chi connectivity index (χ2n) is 10.2. The molecular weight excluding hydrogens is 464 g/mol. The van der Waals surface area contributed by atoms with Gasteiger partial charge in [0.2, 0.25) is 11.8 Å².